The Morgan fingerprint density at radius 2 is 2.13 bits per heavy atom. The van der Waals surface area contributed by atoms with E-state index in [1.54, 1.807) is 6.92 Å². The molecule has 1 fully saturated rings. The molecule has 3 nitrogen and oxygen atoms in total. The van der Waals surface area contributed by atoms with Gasteiger partial charge < -0.3 is 10.2 Å². The van der Waals surface area contributed by atoms with Crippen LogP contribution in [0.2, 0.25) is 0 Å². The van der Waals surface area contributed by atoms with E-state index in [4.69, 9.17) is 0 Å². The number of nitrogens with one attached hydrogen (secondary N) is 1. The minimum Gasteiger partial charge on any atom is -0.335 e. The topological polar surface area (TPSA) is 32.3 Å². The van der Waals surface area contributed by atoms with Crippen LogP contribution in [0.15, 0.2) is 0 Å². The van der Waals surface area contributed by atoms with Crippen LogP contribution in [-0.2, 0) is 4.79 Å². The van der Waals surface area contributed by atoms with Crippen LogP contribution in [0.1, 0.15) is 13.8 Å². The number of carbonyl (C=O) groups excluding carboxylic acids is 1. The molecule has 1 aliphatic heterocycles. The molecule has 6 heteroatoms. The lowest BCUT2D eigenvalue weighted by Crippen LogP contribution is -2.57. The summed E-state index contributed by atoms with van der Waals surface area (Å²) in [6.45, 7) is 4.42. The second kappa shape index (κ2) is 4.38. The molecule has 0 aromatic carbocycles. The van der Waals surface area contributed by atoms with Crippen LogP contribution in [0.3, 0.4) is 0 Å². The molecular weight excluding hydrogens is 209 g/mol. The van der Waals surface area contributed by atoms with Crippen LogP contribution in [0, 0.1) is 5.92 Å². The maximum Gasteiger partial charge on any atom is 0.471 e. The smallest absolute Gasteiger partial charge is 0.335 e. The molecule has 1 saturated heterocycles. The van der Waals surface area contributed by atoms with Crippen molar-refractivity contribution in [3.8, 4) is 0 Å². The molecule has 0 unspecified atom stereocenters. The molecule has 0 saturated carbocycles. The highest BCUT2D eigenvalue weighted by Crippen LogP contribution is 2.21. The minimum atomic E-state index is -4.75. The Morgan fingerprint density at radius 3 is 2.40 bits per heavy atom. The number of halogens is 3. The lowest BCUT2D eigenvalue weighted by atomic mass is 9.93. The average molecular weight is 224 g/mol. The van der Waals surface area contributed by atoms with E-state index in [1.165, 1.54) is 0 Å². The van der Waals surface area contributed by atoms with Crippen molar-refractivity contribution in [2.24, 2.45) is 5.92 Å². The number of alkyl halides is 3. The van der Waals surface area contributed by atoms with Crippen LogP contribution in [-0.4, -0.2) is 42.7 Å². The molecule has 1 rings (SSSR count). The molecule has 88 valence electrons. The van der Waals surface area contributed by atoms with Gasteiger partial charge in [-0.05, 0) is 13.8 Å². The van der Waals surface area contributed by atoms with Crippen molar-refractivity contribution >= 4 is 5.91 Å². The molecule has 2 atom stereocenters. The maximum atomic E-state index is 12.1. The van der Waals surface area contributed by atoms with Gasteiger partial charge in [-0.15, -0.1) is 0 Å². The first-order valence-corrected chi connectivity index (χ1v) is 4.95. The van der Waals surface area contributed by atoms with Gasteiger partial charge in [-0.3, -0.25) is 4.79 Å². The van der Waals surface area contributed by atoms with Crippen LogP contribution >= 0.6 is 0 Å². The largest absolute Gasteiger partial charge is 0.471 e. The van der Waals surface area contributed by atoms with Gasteiger partial charge in [-0.2, -0.15) is 13.2 Å². The molecule has 15 heavy (non-hydrogen) atoms. The van der Waals surface area contributed by atoms with Crippen LogP contribution in [0.25, 0.3) is 0 Å². The van der Waals surface area contributed by atoms with Crippen molar-refractivity contribution in [1.82, 2.24) is 10.2 Å². The third-order valence-corrected chi connectivity index (χ3v) is 2.78. The number of nitrogens with zero attached hydrogens (tertiary/aromatic N) is 1. The Hall–Kier alpha value is -0.780. The number of amides is 1. The van der Waals surface area contributed by atoms with Crippen molar-refractivity contribution < 1.29 is 18.0 Å². The molecule has 1 N–H and O–H groups in total. The molecule has 0 aromatic rings. The summed E-state index contributed by atoms with van der Waals surface area (Å²) in [5, 5.41) is 3.05. The lowest BCUT2D eigenvalue weighted by molar-refractivity contribution is -0.186. The van der Waals surface area contributed by atoms with E-state index in [1.807, 2.05) is 6.92 Å². The quantitative estimate of drug-likeness (QED) is 0.775. The van der Waals surface area contributed by atoms with Gasteiger partial charge in [0.1, 0.15) is 0 Å². The van der Waals surface area contributed by atoms with Crippen LogP contribution < -0.4 is 5.32 Å². The van der Waals surface area contributed by atoms with E-state index in [-0.39, 0.29) is 25.0 Å². The van der Waals surface area contributed by atoms with E-state index >= 15 is 0 Å². The summed E-state index contributed by atoms with van der Waals surface area (Å²) in [4.78, 5) is 11.8. The van der Waals surface area contributed by atoms with Gasteiger partial charge in [-0.25, -0.2) is 0 Å². The van der Waals surface area contributed by atoms with Crippen molar-refractivity contribution in [2.45, 2.75) is 26.1 Å². The first kappa shape index (κ1) is 12.3. The van der Waals surface area contributed by atoms with Gasteiger partial charge in [-0.1, -0.05) is 0 Å². The van der Waals surface area contributed by atoms with E-state index in [2.05, 4.69) is 5.32 Å². The fourth-order valence-corrected chi connectivity index (χ4v) is 1.56. The highest BCUT2D eigenvalue weighted by molar-refractivity contribution is 5.81. The molecule has 0 radical (unpaired) electrons. The Balaban J connectivity index is 2.52. The van der Waals surface area contributed by atoms with Crippen LogP contribution in [0.4, 0.5) is 13.2 Å². The standard InChI is InChI=1S/C9H15F3N2O/c1-3-14(8(15)9(10,11)12)5-7-4-13-6(7)2/h6-7,13H,3-5H2,1-2H3/t6-,7-/m1/s1. The summed E-state index contributed by atoms with van der Waals surface area (Å²) in [6, 6.07) is 0.195. The zero-order chi connectivity index (χ0) is 11.6. The lowest BCUT2D eigenvalue weighted by Gasteiger charge is -2.38. The summed E-state index contributed by atoms with van der Waals surface area (Å²) < 4.78 is 36.4. The third-order valence-electron chi connectivity index (χ3n) is 2.78. The summed E-state index contributed by atoms with van der Waals surface area (Å²) in [6.07, 6.45) is -4.75. The van der Waals surface area contributed by atoms with Gasteiger partial charge >= 0.3 is 12.1 Å². The first-order valence-electron chi connectivity index (χ1n) is 4.95. The molecule has 0 aromatic heterocycles. The van der Waals surface area contributed by atoms with Gasteiger partial charge in [0, 0.05) is 31.6 Å². The monoisotopic (exact) mass is 224 g/mol. The first-order chi connectivity index (χ1) is 6.86. The van der Waals surface area contributed by atoms with E-state index < -0.39 is 12.1 Å². The Labute approximate surface area is 86.6 Å². The molecule has 1 heterocycles. The summed E-state index contributed by atoms with van der Waals surface area (Å²) in [5.41, 5.74) is 0. The Kier molecular flexibility index (Phi) is 3.59. The van der Waals surface area contributed by atoms with E-state index in [0.29, 0.717) is 6.54 Å². The molecular formula is C9H15F3N2O. The molecule has 0 bridgehead atoms. The Bertz CT molecular complexity index is 242. The minimum absolute atomic E-state index is 0.0988. The summed E-state index contributed by atoms with van der Waals surface area (Å²) in [5.74, 6) is -1.60. The van der Waals surface area contributed by atoms with Gasteiger partial charge in [0.15, 0.2) is 0 Å². The van der Waals surface area contributed by atoms with Gasteiger partial charge in [0.05, 0.1) is 0 Å². The van der Waals surface area contributed by atoms with Crippen LogP contribution in [0.5, 0.6) is 0 Å². The normalized spacial score (nSPS) is 25.9. The molecule has 1 amide bonds. The fraction of sp³-hybridized carbons (Fsp3) is 0.889. The van der Waals surface area contributed by atoms with Crippen molar-refractivity contribution in [3.63, 3.8) is 0 Å². The molecule has 1 aliphatic rings. The second-order valence-corrected chi connectivity index (χ2v) is 3.80. The average Bonchev–Trinajstić information content (AvgIpc) is 2.14. The third kappa shape index (κ3) is 2.84. The Morgan fingerprint density at radius 1 is 1.53 bits per heavy atom. The molecule has 0 aliphatic carbocycles. The number of rotatable bonds is 3. The van der Waals surface area contributed by atoms with Gasteiger partial charge in [0.2, 0.25) is 0 Å². The van der Waals surface area contributed by atoms with Crippen molar-refractivity contribution in [1.29, 1.82) is 0 Å². The molecule has 0 spiro atoms. The zero-order valence-electron chi connectivity index (χ0n) is 8.77. The number of carbonyl (C=O) groups is 1. The SMILES string of the molecule is CCN(C[C@H]1CN[C@@H]1C)C(=O)C(F)(F)F. The summed E-state index contributed by atoms with van der Waals surface area (Å²) >= 11 is 0. The summed E-state index contributed by atoms with van der Waals surface area (Å²) in [7, 11) is 0. The zero-order valence-corrected chi connectivity index (χ0v) is 8.77. The predicted octanol–water partition coefficient (Wildman–Crippen LogP) is 1.01. The maximum absolute atomic E-state index is 12.1. The second-order valence-electron chi connectivity index (χ2n) is 3.80. The van der Waals surface area contributed by atoms with E-state index in [0.717, 1.165) is 4.90 Å². The fourth-order valence-electron chi connectivity index (χ4n) is 1.56. The number of hydrogen-bond donors (Lipinski definition) is 1. The van der Waals surface area contributed by atoms with Crippen molar-refractivity contribution in [3.05, 3.63) is 0 Å². The van der Waals surface area contributed by atoms with Gasteiger partial charge in [0.25, 0.3) is 0 Å². The highest BCUT2D eigenvalue weighted by Gasteiger charge is 2.43. The number of hydrogen-bond acceptors (Lipinski definition) is 2. The predicted molar refractivity (Wildman–Crippen MR) is 49.3 cm³/mol. The van der Waals surface area contributed by atoms with E-state index in [9.17, 15) is 18.0 Å². The van der Waals surface area contributed by atoms with Crippen molar-refractivity contribution in [2.75, 3.05) is 19.6 Å². The highest BCUT2D eigenvalue weighted by atomic mass is 19.4.